The Kier molecular flexibility index (Phi) is 4.04. The zero-order valence-electron chi connectivity index (χ0n) is 11.9. The maximum absolute atomic E-state index is 6.46. The first-order chi connectivity index (χ1) is 10.2. The van der Waals surface area contributed by atoms with Crippen molar-refractivity contribution in [1.29, 1.82) is 0 Å². The molecule has 0 saturated heterocycles. The number of hydrogen-bond acceptors (Lipinski definition) is 3. The largest absolute Gasteiger partial charge is 0.496 e. The fraction of sp³-hybridized carbons (Fsp3) is 0.294. The molecule has 0 fully saturated rings. The summed E-state index contributed by atoms with van der Waals surface area (Å²) in [5.74, 6) is 1.62. The molecule has 2 aromatic carbocycles. The highest BCUT2D eigenvalue weighted by Gasteiger charge is 2.22. The van der Waals surface area contributed by atoms with Gasteiger partial charge in [0.2, 0.25) is 0 Å². The van der Waals surface area contributed by atoms with Gasteiger partial charge < -0.3 is 15.2 Å². The maximum atomic E-state index is 6.46. The summed E-state index contributed by atoms with van der Waals surface area (Å²) >= 11 is 6.02. The molecule has 0 aromatic heterocycles. The summed E-state index contributed by atoms with van der Waals surface area (Å²) < 4.78 is 11.3. The quantitative estimate of drug-likeness (QED) is 0.940. The first-order valence-electron chi connectivity index (χ1n) is 7.04. The van der Waals surface area contributed by atoms with Crippen LogP contribution in [0.4, 0.5) is 0 Å². The van der Waals surface area contributed by atoms with Crippen LogP contribution in [-0.2, 0) is 6.42 Å². The minimum Gasteiger partial charge on any atom is -0.496 e. The normalized spacial score (nSPS) is 15.0. The predicted octanol–water partition coefficient (Wildman–Crippen LogP) is 3.72. The molecule has 2 aromatic rings. The van der Waals surface area contributed by atoms with Gasteiger partial charge in [0.15, 0.2) is 0 Å². The van der Waals surface area contributed by atoms with E-state index >= 15 is 0 Å². The summed E-state index contributed by atoms with van der Waals surface area (Å²) in [6.45, 7) is 0.745. The summed E-state index contributed by atoms with van der Waals surface area (Å²) in [4.78, 5) is 0. The summed E-state index contributed by atoms with van der Waals surface area (Å²) in [6.07, 6.45) is 2.09. The number of halogens is 1. The van der Waals surface area contributed by atoms with E-state index in [1.54, 1.807) is 13.2 Å². The van der Waals surface area contributed by atoms with Gasteiger partial charge in [0.1, 0.15) is 11.5 Å². The predicted molar refractivity (Wildman–Crippen MR) is 84.3 cm³/mol. The van der Waals surface area contributed by atoms with Gasteiger partial charge >= 0.3 is 0 Å². The molecule has 1 aliphatic heterocycles. The zero-order valence-corrected chi connectivity index (χ0v) is 12.7. The number of methoxy groups -OCH3 is 1. The molecule has 0 bridgehead atoms. The van der Waals surface area contributed by atoms with Crippen LogP contribution in [0.2, 0.25) is 5.02 Å². The van der Waals surface area contributed by atoms with Crippen molar-refractivity contribution < 1.29 is 9.47 Å². The summed E-state index contributed by atoms with van der Waals surface area (Å²) in [6, 6.07) is 11.4. The van der Waals surface area contributed by atoms with Gasteiger partial charge in [-0.1, -0.05) is 35.9 Å². The highest BCUT2D eigenvalue weighted by Crippen LogP contribution is 2.37. The van der Waals surface area contributed by atoms with Crippen LogP contribution in [-0.4, -0.2) is 13.7 Å². The highest BCUT2D eigenvalue weighted by atomic mass is 35.5. The number of rotatable bonds is 3. The molecular formula is C17H18ClNO2. The minimum atomic E-state index is -0.301. The van der Waals surface area contributed by atoms with E-state index in [2.05, 4.69) is 6.07 Å². The Balaban J connectivity index is 2.05. The van der Waals surface area contributed by atoms with Gasteiger partial charge in [0.05, 0.1) is 19.8 Å². The SMILES string of the molecule is COc1cc(Cl)ccc1C(N)c1cccc2c1OCCC2. The standard InChI is InChI=1S/C17H18ClNO2/c1-20-15-10-12(18)7-8-13(15)16(19)14-6-2-4-11-5-3-9-21-17(11)14/h2,4,6-8,10,16H,3,5,9,19H2,1H3. The summed E-state index contributed by atoms with van der Waals surface area (Å²) in [5.41, 5.74) is 9.59. The third kappa shape index (κ3) is 2.71. The van der Waals surface area contributed by atoms with E-state index in [1.165, 1.54) is 5.56 Å². The number of fused-ring (bicyclic) bond motifs is 1. The maximum Gasteiger partial charge on any atom is 0.127 e. The van der Waals surface area contributed by atoms with E-state index in [4.69, 9.17) is 26.8 Å². The van der Waals surface area contributed by atoms with E-state index in [0.29, 0.717) is 10.8 Å². The Morgan fingerprint density at radius 2 is 2.10 bits per heavy atom. The second kappa shape index (κ2) is 5.96. The van der Waals surface area contributed by atoms with Crippen molar-refractivity contribution >= 4 is 11.6 Å². The van der Waals surface area contributed by atoms with Crippen LogP contribution in [0.5, 0.6) is 11.5 Å². The van der Waals surface area contributed by atoms with Gasteiger partial charge in [-0.25, -0.2) is 0 Å². The number of para-hydroxylation sites is 1. The van der Waals surface area contributed by atoms with Gasteiger partial charge in [0, 0.05) is 16.1 Å². The lowest BCUT2D eigenvalue weighted by Gasteiger charge is -2.24. The lowest BCUT2D eigenvalue weighted by atomic mass is 9.94. The number of nitrogens with two attached hydrogens (primary N) is 1. The van der Waals surface area contributed by atoms with E-state index in [-0.39, 0.29) is 6.04 Å². The van der Waals surface area contributed by atoms with Gasteiger partial charge in [-0.2, -0.15) is 0 Å². The molecule has 0 amide bonds. The Morgan fingerprint density at radius 1 is 1.24 bits per heavy atom. The van der Waals surface area contributed by atoms with Crippen LogP contribution in [0.3, 0.4) is 0 Å². The molecule has 0 aliphatic carbocycles. The highest BCUT2D eigenvalue weighted by molar-refractivity contribution is 6.30. The number of ether oxygens (including phenoxy) is 2. The Labute approximate surface area is 129 Å². The van der Waals surface area contributed by atoms with Crippen LogP contribution in [0.15, 0.2) is 36.4 Å². The van der Waals surface area contributed by atoms with E-state index in [0.717, 1.165) is 36.3 Å². The van der Waals surface area contributed by atoms with Crippen molar-refractivity contribution in [2.75, 3.05) is 13.7 Å². The molecule has 0 radical (unpaired) electrons. The molecule has 1 heterocycles. The third-order valence-corrected chi connectivity index (χ3v) is 4.06. The molecule has 0 saturated carbocycles. The zero-order chi connectivity index (χ0) is 14.8. The van der Waals surface area contributed by atoms with E-state index < -0.39 is 0 Å². The summed E-state index contributed by atoms with van der Waals surface area (Å²) in [7, 11) is 1.62. The molecule has 2 N–H and O–H groups in total. The number of hydrogen-bond donors (Lipinski definition) is 1. The van der Waals surface area contributed by atoms with Crippen molar-refractivity contribution in [3.8, 4) is 11.5 Å². The fourth-order valence-electron chi connectivity index (χ4n) is 2.77. The Morgan fingerprint density at radius 3 is 2.90 bits per heavy atom. The van der Waals surface area contributed by atoms with Crippen LogP contribution in [0.25, 0.3) is 0 Å². The molecule has 21 heavy (non-hydrogen) atoms. The van der Waals surface area contributed by atoms with Gasteiger partial charge in [-0.15, -0.1) is 0 Å². The average Bonchev–Trinajstić information content (AvgIpc) is 2.53. The molecule has 110 valence electrons. The van der Waals surface area contributed by atoms with Crippen LogP contribution < -0.4 is 15.2 Å². The Bertz CT molecular complexity index is 657. The molecule has 3 rings (SSSR count). The van der Waals surface area contributed by atoms with E-state index in [9.17, 15) is 0 Å². The number of benzene rings is 2. The molecule has 1 unspecified atom stereocenters. The first kappa shape index (κ1) is 14.2. The van der Waals surface area contributed by atoms with E-state index in [1.807, 2.05) is 24.3 Å². The Hall–Kier alpha value is -1.71. The van der Waals surface area contributed by atoms with Gasteiger partial charge in [-0.3, -0.25) is 0 Å². The monoisotopic (exact) mass is 303 g/mol. The molecule has 0 spiro atoms. The molecule has 3 nitrogen and oxygen atoms in total. The third-order valence-electron chi connectivity index (χ3n) is 3.83. The second-order valence-electron chi connectivity index (χ2n) is 5.15. The molecule has 4 heteroatoms. The van der Waals surface area contributed by atoms with Gasteiger partial charge in [0.25, 0.3) is 0 Å². The van der Waals surface area contributed by atoms with Crippen molar-refractivity contribution in [3.63, 3.8) is 0 Å². The first-order valence-corrected chi connectivity index (χ1v) is 7.42. The lowest BCUT2D eigenvalue weighted by molar-refractivity contribution is 0.284. The molecule has 1 aliphatic rings. The second-order valence-corrected chi connectivity index (χ2v) is 5.59. The van der Waals surface area contributed by atoms with Crippen molar-refractivity contribution in [2.24, 2.45) is 5.73 Å². The number of aryl methyl sites for hydroxylation is 1. The summed E-state index contributed by atoms with van der Waals surface area (Å²) in [5, 5.41) is 0.633. The topological polar surface area (TPSA) is 44.5 Å². The fourth-order valence-corrected chi connectivity index (χ4v) is 2.93. The lowest BCUT2D eigenvalue weighted by Crippen LogP contribution is -2.18. The van der Waals surface area contributed by atoms with Crippen molar-refractivity contribution in [2.45, 2.75) is 18.9 Å². The van der Waals surface area contributed by atoms with Crippen LogP contribution >= 0.6 is 11.6 Å². The smallest absolute Gasteiger partial charge is 0.127 e. The van der Waals surface area contributed by atoms with Crippen LogP contribution in [0.1, 0.15) is 29.2 Å². The van der Waals surface area contributed by atoms with Gasteiger partial charge in [-0.05, 0) is 30.5 Å². The van der Waals surface area contributed by atoms with Crippen molar-refractivity contribution in [3.05, 3.63) is 58.1 Å². The molecule has 1 atom stereocenters. The molecular weight excluding hydrogens is 286 g/mol. The average molecular weight is 304 g/mol. The van der Waals surface area contributed by atoms with Crippen LogP contribution in [0, 0.1) is 0 Å². The van der Waals surface area contributed by atoms with Crippen molar-refractivity contribution in [1.82, 2.24) is 0 Å². The minimum absolute atomic E-state index is 0.301.